The Morgan fingerprint density at radius 2 is 2.00 bits per heavy atom. The van der Waals surface area contributed by atoms with Crippen LogP contribution in [0, 0.1) is 5.92 Å². The fraction of sp³-hybridized carbons (Fsp3) is 0.292. The normalized spacial score (nSPS) is 12.9. The van der Waals surface area contributed by atoms with E-state index < -0.39 is 0 Å². The van der Waals surface area contributed by atoms with Gasteiger partial charge in [0.15, 0.2) is 5.82 Å². The highest BCUT2D eigenvalue weighted by atomic mass is 16.5. The number of hydrogen-bond acceptors (Lipinski definition) is 10. The number of nitrogens with one attached hydrogen (secondary N) is 1. The highest BCUT2D eigenvalue weighted by Gasteiger charge is 2.24. The van der Waals surface area contributed by atoms with Crippen LogP contribution in [0.25, 0.3) is 17.2 Å². The highest BCUT2D eigenvalue weighted by molar-refractivity contribution is 6.09. The second-order valence-corrected chi connectivity index (χ2v) is 7.88. The standard InChI is InChI=1S/C24H30N8O2/c1-15(2)22(18-7-5-17(6-8-18)19(11-25)12-28-16(3)26)23-31-24(34-32-23)20-13-30-21(14-29-20)27-9-10-33-4/h5-8,11-15,22H,3,9-10,25-26H2,1-2,4H3,(H,27,30)/b19-11+,28-12-/t22-/m1/s1. The third-order valence-electron chi connectivity index (χ3n) is 5.02. The van der Waals surface area contributed by atoms with Crippen molar-refractivity contribution >= 4 is 17.6 Å². The summed E-state index contributed by atoms with van der Waals surface area (Å²) in [6, 6.07) is 7.98. The maximum absolute atomic E-state index is 5.75. The van der Waals surface area contributed by atoms with Crippen molar-refractivity contribution in [2.45, 2.75) is 19.8 Å². The summed E-state index contributed by atoms with van der Waals surface area (Å²) in [5.41, 5.74) is 14.5. The zero-order chi connectivity index (χ0) is 24.5. The lowest BCUT2D eigenvalue weighted by molar-refractivity contribution is 0.210. The molecule has 2 aromatic heterocycles. The van der Waals surface area contributed by atoms with E-state index in [4.69, 9.17) is 20.7 Å². The Hall–Kier alpha value is -4.05. The maximum Gasteiger partial charge on any atom is 0.278 e. The van der Waals surface area contributed by atoms with Crippen LogP contribution < -0.4 is 16.8 Å². The van der Waals surface area contributed by atoms with Crippen LogP contribution >= 0.6 is 0 Å². The van der Waals surface area contributed by atoms with Gasteiger partial charge in [0.1, 0.15) is 17.3 Å². The number of aromatic nitrogens is 4. The summed E-state index contributed by atoms with van der Waals surface area (Å²) in [6.07, 6.45) is 6.29. The second kappa shape index (κ2) is 11.7. The van der Waals surface area contributed by atoms with Gasteiger partial charge in [0.05, 0.1) is 19.0 Å². The van der Waals surface area contributed by atoms with E-state index in [1.165, 1.54) is 6.20 Å². The van der Waals surface area contributed by atoms with Crippen molar-refractivity contribution in [3.8, 4) is 11.6 Å². The van der Waals surface area contributed by atoms with Crippen molar-refractivity contribution in [3.63, 3.8) is 0 Å². The molecule has 178 valence electrons. The summed E-state index contributed by atoms with van der Waals surface area (Å²) in [4.78, 5) is 17.3. The van der Waals surface area contributed by atoms with Gasteiger partial charge in [-0.15, -0.1) is 0 Å². The number of benzene rings is 1. The first-order valence-electron chi connectivity index (χ1n) is 10.8. The molecule has 0 aliphatic heterocycles. The Morgan fingerprint density at radius 3 is 2.59 bits per heavy atom. The number of allylic oxidation sites excluding steroid dienone is 1. The lowest BCUT2D eigenvalue weighted by Crippen LogP contribution is -2.10. The van der Waals surface area contributed by atoms with Crippen LogP contribution in [0.15, 0.2) is 64.8 Å². The zero-order valence-corrected chi connectivity index (χ0v) is 19.6. The van der Waals surface area contributed by atoms with E-state index in [9.17, 15) is 0 Å². The molecule has 10 nitrogen and oxygen atoms in total. The van der Waals surface area contributed by atoms with Crippen LogP contribution in [0.4, 0.5) is 5.82 Å². The number of methoxy groups -OCH3 is 1. The number of nitrogens with zero attached hydrogens (tertiary/aromatic N) is 5. The Labute approximate surface area is 198 Å². The Bertz CT molecular complexity index is 1130. The van der Waals surface area contributed by atoms with Gasteiger partial charge in [-0.25, -0.2) is 15.0 Å². The number of aliphatic imine (C=N–C) groups is 1. The Balaban J connectivity index is 1.79. The number of ether oxygens (including phenoxy) is 1. The number of hydrogen-bond donors (Lipinski definition) is 3. The molecule has 5 N–H and O–H groups in total. The Morgan fingerprint density at radius 1 is 1.24 bits per heavy atom. The molecule has 1 atom stereocenters. The summed E-state index contributed by atoms with van der Waals surface area (Å²) in [6.45, 7) is 9.00. The number of anilines is 1. The molecule has 3 rings (SSSR count). The predicted octanol–water partition coefficient (Wildman–Crippen LogP) is 3.17. The molecule has 0 radical (unpaired) electrons. The van der Waals surface area contributed by atoms with Crippen molar-refractivity contribution in [1.29, 1.82) is 0 Å². The maximum atomic E-state index is 5.75. The largest absolute Gasteiger partial charge is 0.404 e. The van der Waals surface area contributed by atoms with Gasteiger partial charge in [-0.1, -0.05) is 49.8 Å². The second-order valence-electron chi connectivity index (χ2n) is 7.88. The van der Waals surface area contributed by atoms with Crippen LogP contribution in [0.1, 0.15) is 36.7 Å². The van der Waals surface area contributed by atoms with E-state index in [2.05, 4.69) is 50.8 Å². The van der Waals surface area contributed by atoms with Gasteiger partial charge in [-0.3, -0.25) is 0 Å². The molecule has 0 amide bonds. The molecule has 34 heavy (non-hydrogen) atoms. The zero-order valence-electron chi connectivity index (χ0n) is 19.6. The van der Waals surface area contributed by atoms with Gasteiger partial charge in [-0.2, -0.15) is 4.98 Å². The van der Waals surface area contributed by atoms with Crippen molar-refractivity contribution in [2.24, 2.45) is 22.4 Å². The molecule has 0 bridgehead atoms. The first kappa shape index (κ1) is 24.6. The van der Waals surface area contributed by atoms with Gasteiger partial charge in [0, 0.05) is 37.6 Å². The summed E-state index contributed by atoms with van der Waals surface area (Å²) in [7, 11) is 1.65. The van der Waals surface area contributed by atoms with Crippen molar-refractivity contribution in [3.05, 3.63) is 72.2 Å². The number of nitrogens with two attached hydrogens (primary N) is 2. The average Bonchev–Trinajstić information content (AvgIpc) is 3.30. The molecule has 0 spiro atoms. The molecule has 10 heteroatoms. The van der Waals surface area contributed by atoms with E-state index in [-0.39, 0.29) is 17.7 Å². The molecule has 0 saturated heterocycles. The average molecular weight is 463 g/mol. The molecule has 0 aliphatic carbocycles. The lowest BCUT2D eigenvalue weighted by atomic mass is 9.87. The molecule has 0 saturated carbocycles. The smallest absolute Gasteiger partial charge is 0.278 e. The minimum Gasteiger partial charge on any atom is -0.404 e. The van der Waals surface area contributed by atoms with E-state index in [1.807, 2.05) is 24.3 Å². The lowest BCUT2D eigenvalue weighted by Gasteiger charge is -2.18. The molecule has 0 fully saturated rings. The monoisotopic (exact) mass is 462 g/mol. The molecule has 0 aliphatic rings. The van der Waals surface area contributed by atoms with E-state index >= 15 is 0 Å². The van der Waals surface area contributed by atoms with Crippen LogP contribution in [0.5, 0.6) is 0 Å². The molecule has 1 aromatic carbocycles. The van der Waals surface area contributed by atoms with Gasteiger partial charge < -0.3 is 26.0 Å². The quantitative estimate of drug-likeness (QED) is 0.288. The van der Waals surface area contributed by atoms with Crippen LogP contribution in [-0.4, -0.2) is 46.6 Å². The van der Waals surface area contributed by atoms with Gasteiger partial charge in [0.2, 0.25) is 0 Å². The summed E-state index contributed by atoms with van der Waals surface area (Å²) < 4.78 is 10.5. The van der Waals surface area contributed by atoms with Crippen LogP contribution in [0.2, 0.25) is 0 Å². The summed E-state index contributed by atoms with van der Waals surface area (Å²) >= 11 is 0. The van der Waals surface area contributed by atoms with E-state index in [1.54, 1.807) is 25.7 Å². The van der Waals surface area contributed by atoms with Crippen molar-refractivity contribution in [2.75, 3.05) is 25.6 Å². The van der Waals surface area contributed by atoms with Crippen molar-refractivity contribution in [1.82, 2.24) is 20.1 Å². The predicted molar refractivity (Wildman–Crippen MR) is 133 cm³/mol. The van der Waals surface area contributed by atoms with Crippen LogP contribution in [-0.2, 0) is 4.74 Å². The van der Waals surface area contributed by atoms with Crippen LogP contribution in [0.3, 0.4) is 0 Å². The third kappa shape index (κ3) is 6.26. The number of rotatable bonds is 11. The topological polar surface area (TPSA) is 150 Å². The highest BCUT2D eigenvalue weighted by Crippen LogP contribution is 2.32. The SMILES string of the molecule is C=C(N)/N=C\C(=C/N)c1ccc([C@H](c2noc(-c3cnc(NCCOC)cn3)n2)C(C)C)cc1. The molecular formula is C24H30N8O2. The minimum absolute atomic E-state index is 0.0720. The molecular weight excluding hydrogens is 432 g/mol. The Kier molecular flexibility index (Phi) is 8.47. The van der Waals surface area contributed by atoms with Gasteiger partial charge in [0.25, 0.3) is 5.89 Å². The van der Waals surface area contributed by atoms with Gasteiger partial charge in [-0.05, 0) is 17.0 Å². The molecule has 0 unspecified atom stereocenters. The third-order valence-corrected chi connectivity index (χ3v) is 5.02. The summed E-state index contributed by atoms with van der Waals surface area (Å²) in [5.74, 6) is 1.91. The van der Waals surface area contributed by atoms with E-state index in [0.29, 0.717) is 36.4 Å². The first-order valence-corrected chi connectivity index (χ1v) is 10.8. The minimum atomic E-state index is -0.0720. The fourth-order valence-electron chi connectivity index (χ4n) is 3.36. The first-order chi connectivity index (χ1) is 16.4. The summed E-state index contributed by atoms with van der Waals surface area (Å²) in [5, 5.41) is 7.35. The fourth-order valence-corrected chi connectivity index (χ4v) is 3.36. The molecule has 2 heterocycles. The van der Waals surface area contributed by atoms with Gasteiger partial charge >= 0.3 is 0 Å². The van der Waals surface area contributed by atoms with E-state index in [0.717, 1.165) is 16.7 Å². The van der Waals surface area contributed by atoms with Crippen molar-refractivity contribution < 1.29 is 9.26 Å². The molecule has 3 aromatic rings.